The van der Waals surface area contributed by atoms with E-state index in [0.29, 0.717) is 21.8 Å². The fourth-order valence-corrected chi connectivity index (χ4v) is 4.60. The van der Waals surface area contributed by atoms with Crippen molar-refractivity contribution in [2.45, 2.75) is 20.3 Å². The molecule has 0 N–H and O–H groups in total. The van der Waals surface area contributed by atoms with E-state index in [2.05, 4.69) is 0 Å². The quantitative estimate of drug-likeness (QED) is 0.124. The monoisotopic (exact) mass is 509 g/mol. The number of carbonyl (C=O) groups excluding carboxylic acids is 2. The highest BCUT2D eigenvalue weighted by Gasteiger charge is 2.23. The van der Waals surface area contributed by atoms with Crippen molar-refractivity contribution in [3.05, 3.63) is 77.7 Å². The minimum Gasteiger partial charge on any atom is -0.462 e. The normalized spacial score (nSPS) is 10.9. The second-order valence-electron chi connectivity index (χ2n) is 7.08. The van der Waals surface area contributed by atoms with Crippen molar-refractivity contribution in [1.29, 1.82) is 10.5 Å². The van der Waals surface area contributed by atoms with Crippen LogP contribution in [0.4, 0.5) is 5.69 Å². The lowest BCUT2D eigenvalue weighted by Gasteiger charge is -2.01. The Morgan fingerprint density at radius 1 is 1.29 bits per heavy atom. The summed E-state index contributed by atoms with van der Waals surface area (Å²) in [6, 6.07) is 10.8. The van der Waals surface area contributed by atoms with Gasteiger partial charge in [0, 0.05) is 35.1 Å². The molecule has 0 aliphatic rings. The van der Waals surface area contributed by atoms with Gasteiger partial charge in [0.15, 0.2) is 5.78 Å². The summed E-state index contributed by atoms with van der Waals surface area (Å²) in [7, 11) is 0. The molecule has 0 amide bonds. The van der Waals surface area contributed by atoms with E-state index in [0.717, 1.165) is 11.3 Å². The first-order valence-corrected chi connectivity index (χ1v) is 11.3. The lowest BCUT2D eigenvalue weighted by Crippen LogP contribution is -2.05. The van der Waals surface area contributed by atoms with Gasteiger partial charge in [0.2, 0.25) is 0 Å². The molecule has 0 fully saturated rings. The molecule has 2 aromatic heterocycles. The molecular weight excluding hydrogens is 494 g/mol. The van der Waals surface area contributed by atoms with Gasteiger partial charge < -0.3 is 9.15 Å². The number of hydrogen-bond acceptors (Lipinski definition) is 9. The van der Waals surface area contributed by atoms with Gasteiger partial charge in [-0.05, 0) is 37.6 Å². The molecule has 11 heteroatoms. The molecule has 0 atom stereocenters. The van der Waals surface area contributed by atoms with Crippen LogP contribution in [0.2, 0.25) is 5.02 Å². The Kier molecular flexibility index (Phi) is 7.82. The van der Waals surface area contributed by atoms with Gasteiger partial charge in [-0.25, -0.2) is 4.79 Å². The van der Waals surface area contributed by atoms with E-state index >= 15 is 0 Å². The number of benzene rings is 1. The maximum absolute atomic E-state index is 12.8. The number of nitro groups is 1. The Morgan fingerprint density at radius 2 is 2.03 bits per heavy atom. The van der Waals surface area contributed by atoms with E-state index in [9.17, 15) is 30.2 Å². The molecular formula is C24H16ClN3O6S. The number of ketones is 1. The molecule has 35 heavy (non-hydrogen) atoms. The van der Waals surface area contributed by atoms with Gasteiger partial charge >= 0.3 is 5.97 Å². The van der Waals surface area contributed by atoms with Crippen molar-refractivity contribution in [1.82, 2.24) is 0 Å². The lowest BCUT2D eigenvalue weighted by molar-refractivity contribution is -0.384. The molecule has 0 aliphatic carbocycles. The highest BCUT2D eigenvalue weighted by atomic mass is 35.5. The molecule has 1 aromatic carbocycles. The summed E-state index contributed by atoms with van der Waals surface area (Å²) < 4.78 is 10.7. The topological polar surface area (TPSA) is 147 Å². The van der Waals surface area contributed by atoms with Crippen LogP contribution in [-0.4, -0.2) is 23.3 Å². The highest BCUT2D eigenvalue weighted by molar-refractivity contribution is 7.14. The van der Waals surface area contributed by atoms with E-state index in [-0.39, 0.29) is 45.5 Å². The molecule has 3 aromatic rings. The molecule has 176 valence electrons. The molecule has 0 saturated carbocycles. The zero-order chi connectivity index (χ0) is 25.7. The minimum absolute atomic E-state index is 0.107. The van der Waals surface area contributed by atoms with E-state index in [1.165, 1.54) is 30.3 Å². The predicted molar refractivity (Wildman–Crippen MR) is 128 cm³/mol. The van der Waals surface area contributed by atoms with Crippen molar-refractivity contribution >= 4 is 46.5 Å². The minimum atomic E-state index is -0.575. The number of hydrogen-bond donors (Lipinski definition) is 0. The first-order chi connectivity index (χ1) is 16.7. The van der Waals surface area contributed by atoms with Gasteiger partial charge in [0.25, 0.3) is 5.69 Å². The van der Waals surface area contributed by atoms with Crippen molar-refractivity contribution in [2.75, 3.05) is 6.61 Å². The Bertz CT molecular complexity index is 1450. The van der Waals surface area contributed by atoms with Crippen molar-refractivity contribution in [3.8, 4) is 23.5 Å². The summed E-state index contributed by atoms with van der Waals surface area (Å²) in [6.07, 6.45) is 0.999. The zero-order valence-electron chi connectivity index (χ0n) is 18.5. The third-order valence-corrected chi connectivity index (χ3v) is 6.46. The summed E-state index contributed by atoms with van der Waals surface area (Å²) in [5, 5.41) is 30.0. The number of rotatable bonds is 8. The van der Waals surface area contributed by atoms with Crippen molar-refractivity contribution in [2.24, 2.45) is 0 Å². The maximum Gasteiger partial charge on any atom is 0.348 e. The second kappa shape index (κ2) is 10.8. The number of nitro benzene ring substituents is 1. The van der Waals surface area contributed by atoms with E-state index < -0.39 is 16.7 Å². The van der Waals surface area contributed by atoms with E-state index in [4.69, 9.17) is 20.8 Å². The number of carbonyl (C=O) groups is 2. The third kappa shape index (κ3) is 5.46. The van der Waals surface area contributed by atoms with Crippen LogP contribution in [0.25, 0.3) is 17.4 Å². The first kappa shape index (κ1) is 25.4. The van der Waals surface area contributed by atoms with Crippen LogP contribution < -0.4 is 0 Å². The molecule has 3 rings (SSSR count). The summed E-state index contributed by atoms with van der Waals surface area (Å²) in [6.45, 7) is 3.43. The van der Waals surface area contributed by atoms with Crippen LogP contribution >= 0.6 is 22.9 Å². The Labute approximate surface area is 208 Å². The van der Waals surface area contributed by atoms with Crippen LogP contribution in [0.3, 0.4) is 0 Å². The lowest BCUT2D eigenvalue weighted by atomic mass is 10.0. The highest BCUT2D eigenvalue weighted by Crippen LogP contribution is 2.33. The number of ether oxygens (including phenoxy) is 1. The third-order valence-electron chi connectivity index (χ3n) is 4.88. The van der Waals surface area contributed by atoms with Crippen LogP contribution in [0.15, 0.2) is 40.3 Å². The molecule has 0 bridgehead atoms. The van der Waals surface area contributed by atoms with Crippen molar-refractivity contribution in [3.63, 3.8) is 0 Å². The summed E-state index contributed by atoms with van der Waals surface area (Å²) in [5.41, 5.74) is 0.650. The number of Topliss-reactive ketones (excluding diaryl/α,β-unsaturated/α-hetero) is 1. The fourth-order valence-electron chi connectivity index (χ4n) is 3.19. The van der Waals surface area contributed by atoms with Gasteiger partial charge in [-0.2, -0.15) is 10.5 Å². The van der Waals surface area contributed by atoms with Crippen LogP contribution in [0.1, 0.15) is 38.4 Å². The van der Waals surface area contributed by atoms with Gasteiger partial charge in [0.05, 0.1) is 27.7 Å². The average molecular weight is 510 g/mol. The second-order valence-corrected chi connectivity index (χ2v) is 8.59. The fraction of sp³-hybridized carbons (Fsp3) is 0.167. The van der Waals surface area contributed by atoms with Gasteiger partial charge in [0.1, 0.15) is 28.5 Å². The summed E-state index contributed by atoms with van der Waals surface area (Å²) in [5.74, 6) is -0.656. The number of furan rings is 1. The number of nitriles is 2. The standard InChI is InChI=1S/C24H16ClN3O6S/c1-3-33-24(30)23-13(2)18(12-27)22(35-23)10-20(29)14(11-26)8-16-5-7-21(34-16)17-6-4-15(28(31)32)9-19(17)25/h4-9H,3,10H2,1-2H3/b14-8+. The number of nitrogens with zero attached hydrogens (tertiary/aromatic N) is 3. The molecule has 2 heterocycles. The van der Waals surface area contributed by atoms with Gasteiger partial charge in [-0.15, -0.1) is 11.3 Å². The Hall–Kier alpha value is -4.25. The first-order valence-electron chi connectivity index (χ1n) is 10.1. The number of non-ortho nitro benzene ring substituents is 1. The van der Waals surface area contributed by atoms with Crippen LogP contribution in [0.5, 0.6) is 0 Å². The zero-order valence-corrected chi connectivity index (χ0v) is 20.0. The van der Waals surface area contributed by atoms with E-state index in [1.807, 2.05) is 12.1 Å². The van der Waals surface area contributed by atoms with Crippen LogP contribution in [-0.2, 0) is 16.0 Å². The number of thiophene rings is 1. The number of allylic oxidation sites excluding steroid dienone is 1. The summed E-state index contributed by atoms with van der Waals surface area (Å²) >= 11 is 7.12. The van der Waals surface area contributed by atoms with Crippen LogP contribution in [0, 0.1) is 39.7 Å². The SMILES string of the molecule is CCOC(=O)c1sc(CC(=O)/C(C#N)=C/c2ccc(-c3ccc([N+](=O)[O-])cc3Cl)o2)c(C#N)c1C. The average Bonchev–Trinajstić information content (AvgIpc) is 3.41. The molecule has 0 spiro atoms. The van der Waals surface area contributed by atoms with Gasteiger partial charge in [-0.3, -0.25) is 14.9 Å². The largest absolute Gasteiger partial charge is 0.462 e. The van der Waals surface area contributed by atoms with Gasteiger partial charge in [-0.1, -0.05) is 11.6 Å². The maximum atomic E-state index is 12.8. The Morgan fingerprint density at radius 3 is 2.63 bits per heavy atom. The Balaban J connectivity index is 1.86. The smallest absolute Gasteiger partial charge is 0.348 e. The molecule has 0 saturated heterocycles. The molecule has 9 nitrogen and oxygen atoms in total. The molecule has 0 unspecified atom stereocenters. The van der Waals surface area contributed by atoms with Crippen molar-refractivity contribution < 1.29 is 23.7 Å². The number of esters is 1. The molecule has 0 aliphatic heterocycles. The summed E-state index contributed by atoms with van der Waals surface area (Å²) in [4.78, 5) is 35.9. The predicted octanol–water partition coefficient (Wildman–Crippen LogP) is 5.65. The molecule has 0 radical (unpaired) electrons. The number of halogens is 1. The van der Waals surface area contributed by atoms with E-state index in [1.54, 1.807) is 19.9 Å².